The van der Waals surface area contributed by atoms with Crippen molar-refractivity contribution in [3.05, 3.63) is 32.3 Å². The van der Waals surface area contributed by atoms with Gasteiger partial charge in [0, 0.05) is 12.6 Å². The van der Waals surface area contributed by atoms with Crippen molar-refractivity contribution in [3.8, 4) is 17.2 Å². The molecular weight excluding hydrogens is 466 g/mol. The number of aromatic nitrogens is 1. The Bertz CT molecular complexity index is 1050. The van der Waals surface area contributed by atoms with E-state index in [1.165, 1.54) is 32.3 Å². The highest BCUT2D eigenvalue weighted by atomic mass is 32.1. The zero-order valence-electron chi connectivity index (χ0n) is 20.1. The van der Waals surface area contributed by atoms with Crippen LogP contribution in [0.3, 0.4) is 0 Å². The molecule has 0 spiro atoms. The third kappa shape index (κ3) is 5.56. The molecule has 0 fully saturated rings. The van der Waals surface area contributed by atoms with E-state index in [1.807, 2.05) is 6.92 Å². The zero-order chi connectivity index (χ0) is 25.4. The van der Waals surface area contributed by atoms with Crippen LogP contribution in [0.25, 0.3) is 0 Å². The van der Waals surface area contributed by atoms with Crippen LogP contribution in [0.2, 0.25) is 0 Å². The smallest absolute Gasteiger partial charge is 0.350 e. The fraction of sp³-hybridized carbons (Fsp3) is 0.500. The van der Waals surface area contributed by atoms with Gasteiger partial charge in [0.1, 0.15) is 10.4 Å². The van der Waals surface area contributed by atoms with Crippen molar-refractivity contribution < 1.29 is 33.5 Å². The molecule has 0 saturated heterocycles. The van der Waals surface area contributed by atoms with Crippen LogP contribution >= 0.6 is 11.3 Å². The summed E-state index contributed by atoms with van der Waals surface area (Å²) in [4.78, 5) is 43.3. The Hall–Kier alpha value is -3.41. The molecule has 0 bridgehead atoms. The molecule has 12 heteroatoms. The van der Waals surface area contributed by atoms with Gasteiger partial charge in [-0.25, -0.2) is 9.78 Å². The van der Waals surface area contributed by atoms with Crippen molar-refractivity contribution in [2.24, 2.45) is 0 Å². The maximum Gasteiger partial charge on any atom is 0.350 e. The third-order valence-corrected chi connectivity index (χ3v) is 6.08. The molecule has 0 aliphatic carbocycles. The summed E-state index contributed by atoms with van der Waals surface area (Å²) in [6.45, 7) is 5.79. The van der Waals surface area contributed by atoms with Gasteiger partial charge >= 0.3 is 11.7 Å². The van der Waals surface area contributed by atoms with Crippen LogP contribution in [-0.4, -0.2) is 56.3 Å². The van der Waals surface area contributed by atoms with Crippen LogP contribution in [0.15, 0.2) is 6.07 Å². The van der Waals surface area contributed by atoms with Gasteiger partial charge in [0.15, 0.2) is 10.9 Å². The number of rotatable bonds is 12. The van der Waals surface area contributed by atoms with Crippen LogP contribution in [0.1, 0.15) is 58.8 Å². The van der Waals surface area contributed by atoms with Gasteiger partial charge in [0.25, 0.3) is 5.91 Å². The summed E-state index contributed by atoms with van der Waals surface area (Å²) in [5.74, 6) is -1.34. The van der Waals surface area contributed by atoms with Gasteiger partial charge in [-0.05, 0) is 20.3 Å². The Morgan fingerprint density at radius 2 is 1.79 bits per heavy atom. The van der Waals surface area contributed by atoms with E-state index in [2.05, 4.69) is 4.98 Å². The molecule has 1 heterocycles. The van der Waals surface area contributed by atoms with Gasteiger partial charge in [-0.3, -0.25) is 19.8 Å². The largest absolute Gasteiger partial charge is 0.493 e. The summed E-state index contributed by atoms with van der Waals surface area (Å²) in [5, 5.41) is 12.2. The van der Waals surface area contributed by atoms with E-state index in [1.54, 1.807) is 13.8 Å². The van der Waals surface area contributed by atoms with E-state index in [0.717, 1.165) is 24.2 Å². The first kappa shape index (κ1) is 26.8. The van der Waals surface area contributed by atoms with E-state index in [4.69, 9.17) is 18.9 Å². The number of esters is 1. The summed E-state index contributed by atoms with van der Waals surface area (Å²) in [6, 6.07) is 1.25. The van der Waals surface area contributed by atoms with E-state index in [9.17, 15) is 19.7 Å². The van der Waals surface area contributed by atoms with Crippen molar-refractivity contribution in [3.63, 3.8) is 0 Å². The second-order valence-corrected chi connectivity index (χ2v) is 8.07. The molecule has 1 amide bonds. The lowest BCUT2D eigenvalue weighted by atomic mass is 10.1. The number of carbonyl (C=O) groups excluding carboxylic acids is 2. The average molecular weight is 496 g/mol. The predicted molar refractivity (Wildman–Crippen MR) is 127 cm³/mol. The van der Waals surface area contributed by atoms with Crippen LogP contribution in [0, 0.1) is 17.0 Å². The fourth-order valence-electron chi connectivity index (χ4n) is 3.32. The topological polar surface area (TPSA) is 130 Å². The maximum absolute atomic E-state index is 13.7. The lowest BCUT2D eigenvalue weighted by Gasteiger charge is -2.21. The summed E-state index contributed by atoms with van der Waals surface area (Å²) < 4.78 is 20.8. The van der Waals surface area contributed by atoms with Gasteiger partial charge < -0.3 is 18.9 Å². The lowest BCUT2D eigenvalue weighted by Crippen LogP contribution is -2.32. The van der Waals surface area contributed by atoms with Gasteiger partial charge in [-0.1, -0.05) is 31.1 Å². The molecule has 1 aromatic carbocycles. The number of ether oxygens (including phenoxy) is 4. The van der Waals surface area contributed by atoms with E-state index < -0.39 is 22.5 Å². The molecule has 0 N–H and O–H groups in total. The number of thiazole rings is 1. The molecule has 0 saturated carbocycles. The second kappa shape index (κ2) is 12.2. The standard InChI is InChI=1S/C22H29N3O8S/c1-7-9-10-11-24(22-23-13(3)19(34-22)21(27)33-8-2)20(26)14-12-15(30-4)17(31-5)18(32-6)16(14)25(28)29/h12H,7-11H2,1-6H3. The van der Waals surface area contributed by atoms with E-state index in [0.29, 0.717) is 12.1 Å². The molecule has 11 nitrogen and oxygen atoms in total. The molecule has 2 rings (SSSR count). The Kier molecular flexibility index (Phi) is 9.60. The molecule has 0 aliphatic heterocycles. The number of nitro benzene ring substituents is 1. The normalized spacial score (nSPS) is 10.5. The Balaban J connectivity index is 2.68. The van der Waals surface area contributed by atoms with E-state index in [-0.39, 0.29) is 46.0 Å². The average Bonchev–Trinajstić information content (AvgIpc) is 3.21. The molecule has 0 atom stereocenters. The molecule has 0 radical (unpaired) electrons. The fourth-order valence-corrected chi connectivity index (χ4v) is 4.30. The first-order chi connectivity index (χ1) is 16.2. The van der Waals surface area contributed by atoms with Gasteiger partial charge in [-0.2, -0.15) is 0 Å². The SMILES string of the molecule is CCCCCN(C(=O)c1cc(OC)c(OC)c(OC)c1[N+](=O)[O-])c1nc(C)c(C(=O)OCC)s1. The predicted octanol–water partition coefficient (Wildman–Crippen LogP) is 4.40. The molecule has 0 unspecified atom stereocenters. The Morgan fingerprint density at radius 3 is 2.32 bits per heavy atom. The van der Waals surface area contributed by atoms with Crippen LogP contribution in [-0.2, 0) is 4.74 Å². The number of hydrogen-bond acceptors (Lipinski definition) is 10. The molecular formula is C22H29N3O8S. The van der Waals surface area contributed by atoms with Crippen LogP contribution in [0.4, 0.5) is 10.8 Å². The van der Waals surface area contributed by atoms with Gasteiger partial charge in [-0.15, -0.1) is 0 Å². The quantitative estimate of drug-likeness (QED) is 0.182. The number of nitro groups is 1. The molecule has 0 aliphatic rings. The van der Waals surface area contributed by atoms with Crippen molar-refractivity contribution in [2.45, 2.75) is 40.0 Å². The summed E-state index contributed by atoms with van der Waals surface area (Å²) >= 11 is 1.00. The number of methoxy groups -OCH3 is 3. The highest BCUT2D eigenvalue weighted by Gasteiger charge is 2.35. The minimum Gasteiger partial charge on any atom is -0.493 e. The Morgan fingerprint density at radius 1 is 1.12 bits per heavy atom. The molecule has 1 aromatic heterocycles. The number of aryl methyl sites for hydroxylation is 1. The van der Waals surface area contributed by atoms with Crippen molar-refractivity contribution in [2.75, 3.05) is 39.4 Å². The zero-order valence-corrected chi connectivity index (χ0v) is 20.9. The first-order valence-corrected chi connectivity index (χ1v) is 11.5. The van der Waals surface area contributed by atoms with Crippen molar-refractivity contribution in [1.29, 1.82) is 0 Å². The lowest BCUT2D eigenvalue weighted by molar-refractivity contribution is -0.386. The number of benzene rings is 1. The number of amides is 1. The highest BCUT2D eigenvalue weighted by Crippen LogP contribution is 2.47. The molecule has 186 valence electrons. The van der Waals surface area contributed by atoms with Crippen molar-refractivity contribution >= 4 is 34.0 Å². The summed E-state index contributed by atoms with van der Waals surface area (Å²) in [6.07, 6.45) is 2.36. The number of hydrogen-bond donors (Lipinski definition) is 0. The molecule has 2 aromatic rings. The summed E-state index contributed by atoms with van der Waals surface area (Å²) in [5.41, 5.74) is -0.391. The summed E-state index contributed by atoms with van der Waals surface area (Å²) in [7, 11) is 3.91. The number of nitrogens with zero attached hydrogens (tertiary/aromatic N) is 3. The van der Waals surface area contributed by atoms with Crippen LogP contribution < -0.4 is 19.1 Å². The maximum atomic E-state index is 13.7. The highest BCUT2D eigenvalue weighted by molar-refractivity contribution is 7.17. The number of anilines is 1. The van der Waals surface area contributed by atoms with Crippen LogP contribution in [0.5, 0.6) is 17.2 Å². The first-order valence-electron chi connectivity index (χ1n) is 10.7. The monoisotopic (exact) mass is 495 g/mol. The van der Waals surface area contributed by atoms with Gasteiger partial charge in [0.2, 0.25) is 11.5 Å². The number of carbonyl (C=O) groups is 2. The Labute approximate surface area is 201 Å². The second-order valence-electron chi connectivity index (χ2n) is 7.09. The third-order valence-electron chi connectivity index (χ3n) is 4.92. The minimum atomic E-state index is -0.699. The molecule has 34 heavy (non-hydrogen) atoms. The number of unbranched alkanes of at least 4 members (excludes halogenated alkanes) is 2. The van der Waals surface area contributed by atoms with Gasteiger partial charge in [0.05, 0.1) is 38.6 Å². The van der Waals surface area contributed by atoms with E-state index >= 15 is 0 Å². The minimum absolute atomic E-state index is 0.000438. The van der Waals surface area contributed by atoms with Crippen molar-refractivity contribution in [1.82, 2.24) is 4.98 Å².